The number of halogens is 3. The lowest BCUT2D eigenvalue weighted by Gasteiger charge is -2.62. The van der Waals surface area contributed by atoms with Crippen molar-refractivity contribution in [2.45, 2.75) is 76.1 Å². The molecule has 1 spiro atoms. The van der Waals surface area contributed by atoms with Crippen molar-refractivity contribution < 1.29 is 37.5 Å². The first-order valence-electron chi connectivity index (χ1n) is 8.55. The third kappa shape index (κ3) is 1.95. The van der Waals surface area contributed by atoms with E-state index in [0.29, 0.717) is 12.8 Å². The van der Waals surface area contributed by atoms with Crippen LogP contribution in [0.4, 0.5) is 13.2 Å². The Kier molecular flexibility index (Phi) is 3.44. The van der Waals surface area contributed by atoms with Gasteiger partial charge in [0, 0.05) is 18.3 Å². The summed E-state index contributed by atoms with van der Waals surface area (Å²) in [6.45, 7) is 5.08. The molecule has 4 saturated heterocycles. The molecule has 1 unspecified atom stereocenters. The van der Waals surface area contributed by atoms with Crippen molar-refractivity contribution in [2.24, 2.45) is 23.7 Å². The minimum Gasteiger partial charge on any atom is -0.358 e. The SMILES string of the molecule is C[C@@H]1CC[C@H]2[C@@H](C)C(O)(C(F)(F)F)O[C@@H]3O[C@]4(C)CC[C@@H]1[C@]32OO4. The fraction of sp³-hybridized carbons (Fsp3) is 1.00. The molecule has 138 valence electrons. The second-order valence-electron chi connectivity index (χ2n) is 8.01. The summed E-state index contributed by atoms with van der Waals surface area (Å²) in [5.41, 5.74) is -1.11. The van der Waals surface area contributed by atoms with Crippen LogP contribution in [0.3, 0.4) is 0 Å². The summed E-state index contributed by atoms with van der Waals surface area (Å²) in [5, 5.41) is 10.4. The topological polar surface area (TPSA) is 57.2 Å². The standard InChI is InChI=1S/C16H23F3O5/c1-8-4-5-11-9(2)15(20,16(17,18)19)22-12-14(11)10(8)6-7-13(3,21-12)23-24-14/h8-12,20H,4-7H2,1-3H3/t8-,9-,10+,11+,12+,13+,14-,15?/m1/s1. The van der Waals surface area contributed by atoms with Crippen molar-refractivity contribution in [3.63, 3.8) is 0 Å². The smallest absolute Gasteiger partial charge is 0.358 e. The van der Waals surface area contributed by atoms with Gasteiger partial charge in [0.25, 0.3) is 5.79 Å². The number of ether oxygens (including phenoxy) is 2. The summed E-state index contributed by atoms with van der Waals surface area (Å²) in [5.74, 6) is -5.94. The predicted octanol–water partition coefficient (Wildman–Crippen LogP) is 3.12. The molecule has 5 nitrogen and oxygen atoms in total. The van der Waals surface area contributed by atoms with Gasteiger partial charge in [-0.1, -0.05) is 13.8 Å². The van der Waals surface area contributed by atoms with E-state index in [1.165, 1.54) is 6.92 Å². The number of hydrogen-bond donors (Lipinski definition) is 1. The third-order valence-electron chi connectivity index (χ3n) is 6.69. The summed E-state index contributed by atoms with van der Waals surface area (Å²) < 4.78 is 51.7. The molecule has 8 heteroatoms. The monoisotopic (exact) mass is 352 g/mol. The summed E-state index contributed by atoms with van der Waals surface area (Å²) in [4.78, 5) is 11.3. The van der Waals surface area contributed by atoms with Gasteiger partial charge in [0.2, 0.25) is 5.79 Å². The van der Waals surface area contributed by atoms with Crippen LogP contribution in [0.1, 0.15) is 46.5 Å². The Hall–Kier alpha value is -0.410. The molecule has 0 amide bonds. The summed E-state index contributed by atoms with van der Waals surface area (Å²) >= 11 is 0. The number of alkyl halides is 3. The van der Waals surface area contributed by atoms with Crippen LogP contribution in [-0.4, -0.2) is 34.7 Å². The van der Waals surface area contributed by atoms with Gasteiger partial charge in [-0.2, -0.15) is 13.2 Å². The minimum atomic E-state index is -4.91. The lowest BCUT2D eigenvalue weighted by molar-refractivity contribution is -0.597. The average molecular weight is 352 g/mol. The van der Waals surface area contributed by atoms with E-state index < -0.39 is 41.5 Å². The van der Waals surface area contributed by atoms with Crippen LogP contribution >= 0.6 is 0 Å². The van der Waals surface area contributed by atoms with Crippen LogP contribution in [0, 0.1) is 23.7 Å². The normalized spacial score (nSPS) is 57.4. The first-order valence-corrected chi connectivity index (χ1v) is 8.55. The Morgan fingerprint density at radius 2 is 1.71 bits per heavy atom. The molecular weight excluding hydrogens is 329 g/mol. The van der Waals surface area contributed by atoms with Crippen LogP contribution in [0.15, 0.2) is 0 Å². The Labute approximate surface area is 138 Å². The van der Waals surface area contributed by atoms with Crippen LogP contribution in [0.2, 0.25) is 0 Å². The van der Waals surface area contributed by atoms with Crippen LogP contribution in [-0.2, 0) is 19.2 Å². The van der Waals surface area contributed by atoms with E-state index >= 15 is 0 Å². The number of fused-ring (bicyclic) bond motifs is 2. The van der Waals surface area contributed by atoms with Crippen molar-refractivity contribution >= 4 is 0 Å². The van der Waals surface area contributed by atoms with Gasteiger partial charge >= 0.3 is 6.18 Å². The van der Waals surface area contributed by atoms with Gasteiger partial charge in [0.1, 0.15) is 0 Å². The zero-order chi connectivity index (χ0) is 17.5. The van der Waals surface area contributed by atoms with E-state index in [-0.39, 0.29) is 11.8 Å². The average Bonchev–Trinajstić information content (AvgIpc) is 2.70. The first kappa shape index (κ1) is 17.0. The highest BCUT2D eigenvalue weighted by atomic mass is 19.4. The van der Waals surface area contributed by atoms with E-state index in [1.807, 2.05) is 0 Å². The largest absolute Gasteiger partial charge is 0.443 e. The molecule has 0 radical (unpaired) electrons. The van der Waals surface area contributed by atoms with E-state index in [9.17, 15) is 18.3 Å². The zero-order valence-electron chi connectivity index (χ0n) is 13.9. The molecule has 0 aromatic rings. The highest BCUT2D eigenvalue weighted by molar-refractivity contribution is 5.12. The van der Waals surface area contributed by atoms with Gasteiger partial charge in [0.05, 0.1) is 0 Å². The second-order valence-corrected chi connectivity index (χ2v) is 8.01. The maximum Gasteiger partial charge on any atom is 0.443 e. The maximum atomic E-state index is 13.6. The van der Waals surface area contributed by atoms with Gasteiger partial charge in [-0.15, -0.1) is 0 Å². The molecule has 5 aliphatic rings. The second kappa shape index (κ2) is 4.85. The molecule has 4 aliphatic heterocycles. The lowest BCUT2D eigenvalue weighted by atomic mass is 9.57. The summed E-state index contributed by atoms with van der Waals surface area (Å²) in [6.07, 6.45) is -3.70. The molecule has 5 rings (SSSR count). The van der Waals surface area contributed by atoms with E-state index in [2.05, 4.69) is 6.92 Å². The molecule has 0 aromatic heterocycles. The quantitative estimate of drug-likeness (QED) is 0.679. The fourth-order valence-corrected chi connectivity index (χ4v) is 5.25. The third-order valence-corrected chi connectivity index (χ3v) is 6.69. The van der Waals surface area contributed by atoms with Crippen molar-refractivity contribution in [1.82, 2.24) is 0 Å². The molecule has 0 aromatic carbocycles. The number of aliphatic hydroxyl groups is 1. The van der Waals surface area contributed by atoms with Crippen LogP contribution in [0.25, 0.3) is 0 Å². The van der Waals surface area contributed by atoms with Crippen LogP contribution < -0.4 is 0 Å². The first-order chi connectivity index (χ1) is 11.0. The number of hydrogen-bond acceptors (Lipinski definition) is 5. The predicted molar refractivity (Wildman–Crippen MR) is 74.0 cm³/mol. The maximum absolute atomic E-state index is 13.6. The Morgan fingerprint density at radius 3 is 2.38 bits per heavy atom. The summed E-state index contributed by atoms with van der Waals surface area (Å²) in [6, 6.07) is 0. The fourth-order valence-electron chi connectivity index (χ4n) is 5.25. The van der Waals surface area contributed by atoms with Gasteiger partial charge in [-0.3, -0.25) is 0 Å². The van der Waals surface area contributed by atoms with Crippen molar-refractivity contribution in [3.05, 3.63) is 0 Å². The molecule has 1 saturated carbocycles. The van der Waals surface area contributed by atoms with E-state index in [0.717, 1.165) is 12.8 Å². The van der Waals surface area contributed by atoms with E-state index in [4.69, 9.17) is 19.2 Å². The molecule has 4 heterocycles. The highest BCUT2D eigenvalue weighted by Crippen LogP contribution is 2.63. The van der Waals surface area contributed by atoms with Gasteiger partial charge in [-0.05, 0) is 38.0 Å². The minimum absolute atomic E-state index is 0.0363. The molecule has 8 atom stereocenters. The Morgan fingerprint density at radius 1 is 1.00 bits per heavy atom. The van der Waals surface area contributed by atoms with Crippen LogP contribution in [0.5, 0.6) is 0 Å². The van der Waals surface area contributed by atoms with Crippen molar-refractivity contribution in [3.8, 4) is 0 Å². The summed E-state index contributed by atoms with van der Waals surface area (Å²) in [7, 11) is 0. The Bertz CT molecular complexity index is 542. The number of rotatable bonds is 0. The molecule has 24 heavy (non-hydrogen) atoms. The molecule has 5 fully saturated rings. The van der Waals surface area contributed by atoms with Gasteiger partial charge < -0.3 is 14.6 Å². The molecule has 1 N–H and O–H groups in total. The Balaban J connectivity index is 1.84. The highest BCUT2D eigenvalue weighted by Gasteiger charge is 2.76. The molecular formula is C16H23F3O5. The van der Waals surface area contributed by atoms with Gasteiger partial charge in [-0.25, -0.2) is 9.78 Å². The molecule has 2 bridgehead atoms. The van der Waals surface area contributed by atoms with E-state index in [1.54, 1.807) is 6.92 Å². The zero-order valence-corrected chi connectivity index (χ0v) is 13.9. The van der Waals surface area contributed by atoms with Crippen molar-refractivity contribution in [2.75, 3.05) is 0 Å². The van der Waals surface area contributed by atoms with Gasteiger partial charge in [0.15, 0.2) is 11.9 Å². The lowest BCUT2D eigenvalue weighted by Crippen LogP contribution is -2.75. The molecule has 1 aliphatic carbocycles. The van der Waals surface area contributed by atoms with Crippen molar-refractivity contribution in [1.29, 1.82) is 0 Å².